The van der Waals surface area contributed by atoms with E-state index in [-0.39, 0.29) is 11.1 Å². The highest BCUT2D eigenvalue weighted by Gasteiger charge is 2.32. The molecular weight excluding hydrogens is 184 g/mol. The molecule has 1 aromatic carbocycles. The SMILES string of the molecule is CCOc1cccc2c1C(=O)OC2=O. The Labute approximate surface area is 80.4 Å². The molecule has 0 radical (unpaired) electrons. The first-order chi connectivity index (χ1) is 6.74. The van der Waals surface area contributed by atoms with Crippen LogP contribution in [0.25, 0.3) is 0 Å². The van der Waals surface area contributed by atoms with E-state index in [4.69, 9.17) is 4.74 Å². The van der Waals surface area contributed by atoms with Crippen LogP contribution in [0.15, 0.2) is 18.2 Å². The second-order valence-corrected chi connectivity index (χ2v) is 2.79. The molecule has 0 aromatic heterocycles. The number of carbonyl (C=O) groups excluding carboxylic acids is 2. The van der Waals surface area contributed by atoms with Crippen molar-refractivity contribution in [2.75, 3.05) is 6.61 Å². The molecule has 1 heterocycles. The van der Waals surface area contributed by atoms with Crippen molar-refractivity contribution in [3.63, 3.8) is 0 Å². The number of carbonyl (C=O) groups is 2. The van der Waals surface area contributed by atoms with Gasteiger partial charge in [0, 0.05) is 0 Å². The first-order valence-electron chi connectivity index (χ1n) is 4.26. The van der Waals surface area contributed by atoms with Crippen molar-refractivity contribution in [3.8, 4) is 5.75 Å². The Morgan fingerprint density at radius 3 is 2.79 bits per heavy atom. The molecular formula is C10H8O4. The Balaban J connectivity index is 2.56. The van der Waals surface area contributed by atoms with Crippen LogP contribution in [0.3, 0.4) is 0 Å². The van der Waals surface area contributed by atoms with Gasteiger partial charge in [0.15, 0.2) is 0 Å². The summed E-state index contributed by atoms with van der Waals surface area (Å²) in [4.78, 5) is 22.4. The van der Waals surface area contributed by atoms with Crippen LogP contribution in [0.5, 0.6) is 5.75 Å². The minimum atomic E-state index is -0.631. The summed E-state index contributed by atoms with van der Waals surface area (Å²) >= 11 is 0. The number of rotatable bonds is 2. The van der Waals surface area contributed by atoms with E-state index < -0.39 is 11.9 Å². The lowest BCUT2D eigenvalue weighted by molar-refractivity contribution is 0.0442. The van der Waals surface area contributed by atoms with E-state index in [9.17, 15) is 9.59 Å². The van der Waals surface area contributed by atoms with E-state index >= 15 is 0 Å². The van der Waals surface area contributed by atoms with Crippen LogP contribution in [0.2, 0.25) is 0 Å². The predicted molar refractivity (Wildman–Crippen MR) is 47.4 cm³/mol. The van der Waals surface area contributed by atoms with Gasteiger partial charge in [0.1, 0.15) is 11.3 Å². The molecule has 0 saturated heterocycles. The highest BCUT2D eigenvalue weighted by atomic mass is 16.6. The first-order valence-corrected chi connectivity index (χ1v) is 4.26. The lowest BCUT2D eigenvalue weighted by atomic mass is 10.1. The highest BCUT2D eigenvalue weighted by molar-refractivity contribution is 6.16. The molecule has 0 spiro atoms. The Hall–Kier alpha value is -1.84. The third-order valence-electron chi connectivity index (χ3n) is 1.94. The number of hydrogen-bond acceptors (Lipinski definition) is 4. The zero-order valence-electron chi connectivity index (χ0n) is 7.57. The van der Waals surface area contributed by atoms with Crippen LogP contribution in [-0.2, 0) is 4.74 Å². The molecule has 0 amide bonds. The van der Waals surface area contributed by atoms with E-state index in [0.29, 0.717) is 12.4 Å². The zero-order valence-corrected chi connectivity index (χ0v) is 7.57. The topological polar surface area (TPSA) is 52.6 Å². The Bertz CT molecular complexity index is 409. The summed E-state index contributed by atoms with van der Waals surface area (Å²) in [5.41, 5.74) is 0.514. The Morgan fingerprint density at radius 1 is 1.29 bits per heavy atom. The van der Waals surface area contributed by atoms with Crippen LogP contribution in [0, 0.1) is 0 Å². The fourth-order valence-corrected chi connectivity index (χ4v) is 1.38. The first kappa shape index (κ1) is 8.74. The van der Waals surface area contributed by atoms with E-state index in [1.54, 1.807) is 18.2 Å². The van der Waals surface area contributed by atoms with Gasteiger partial charge in [0.05, 0.1) is 12.2 Å². The maximum absolute atomic E-state index is 11.2. The van der Waals surface area contributed by atoms with Gasteiger partial charge in [-0.15, -0.1) is 0 Å². The molecule has 0 bridgehead atoms. The number of benzene rings is 1. The second kappa shape index (κ2) is 3.14. The largest absolute Gasteiger partial charge is 0.493 e. The number of fused-ring (bicyclic) bond motifs is 1. The van der Waals surface area contributed by atoms with Crippen LogP contribution >= 0.6 is 0 Å². The molecule has 0 saturated carbocycles. The summed E-state index contributed by atoms with van der Waals surface area (Å²) in [6.45, 7) is 2.25. The molecule has 0 N–H and O–H groups in total. The predicted octanol–water partition coefficient (Wildman–Crippen LogP) is 1.40. The molecule has 1 aliphatic rings. The smallest absolute Gasteiger partial charge is 0.350 e. The van der Waals surface area contributed by atoms with Gasteiger partial charge in [-0.1, -0.05) is 6.07 Å². The van der Waals surface area contributed by atoms with Gasteiger partial charge in [-0.25, -0.2) is 9.59 Å². The third-order valence-corrected chi connectivity index (χ3v) is 1.94. The quantitative estimate of drug-likeness (QED) is 0.525. The summed E-state index contributed by atoms with van der Waals surface area (Å²) in [6.07, 6.45) is 0. The maximum atomic E-state index is 11.2. The van der Waals surface area contributed by atoms with Crippen molar-refractivity contribution >= 4 is 11.9 Å². The molecule has 1 aromatic rings. The van der Waals surface area contributed by atoms with Crippen molar-refractivity contribution in [1.82, 2.24) is 0 Å². The number of hydrogen-bond donors (Lipinski definition) is 0. The van der Waals surface area contributed by atoms with Crippen molar-refractivity contribution in [1.29, 1.82) is 0 Å². The van der Waals surface area contributed by atoms with Gasteiger partial charge in [0.2, 0.25) is 0 Å². The average molecular weight is 192 g/mol. The molecule has 14 heavy (non-hydrogen) atoms. The molecule has 1 aliphatic heterocycles. The van der Waals surface area contributed by atoms with E-state index in [1.165, 1.54) is 0 Å². The summed E-state index contributed by atoms with van der Waals surface area (Å²) in [5, 5.41) is 0. The lowest BCUT2D eigenvalue weighted by Crippen LogP contribution is -2.00. The third kappa shape index (κ3) is 1.16. The number of esters is 2. The molecule has 0 fully saturated rings. The van der Waals surface area contributed by atoms with Crippen molar-refractivity contribution in [2.24, 2.45) is 0 Å². The van der Waals surface area contributed by atoms with Crippen molar-refractivity contribution in [3.05, 3.63) is 29.3 Å². The van der Waals surface area contributed by atoms with Crippen LogP contribution < -0.4 is 4.74 Å². The van der Waals surface area contributed by atoms with E-state index in [2.05, 4.69) is 4.74 Å². The molecule has 2 rings (SSSR count). The average Bonchev–Trinajstić information content (AvgIpc) is 2.44. The Kier molecular flexibility index (Phi) is 1.96. The highest BCUT2D eigenvalue weighted by Crippen LogP contribution is 2.28. The van der Waals surface area contributed by atoms with E-state index in [0.717, 1.165) is 0 Å². The molecule has 72 valence electrons. The van der Waals surface area contributed by atoms with Gasteiger partial charge in [-0.05, 0) is 19.1 Å². The molecule has 0 atom stereocenters. The summed E-state index contributed by atoms with van der Waals surface area (Å²) in [6, 6.07) is 4.84. The summed E-state index contributed by atoms with van der Waals surface area (Å²) in [7, 11) is 0. The molecule has 0 unspecified atom stereocenters. The summed E-state index contributed by atoms with van der Waals surface area (Å²) in [5.74, 6) is -0.832. The molecule has 4 heteroatoms. The van der Waals surface area contributed by atoms with Crippen molar-refractivity contribution in [2.45, 2.75) is 6.92 Å². The van der Waals surface area contributed by atoms with Crippen LogP contribution in [0.4, 0.5) is 0 Å². The maximum Gasteiger partial charge on any atom is 0.350 e. The van der Waals surface area contributed by atoms with Gasteiger partial charge >= 0.3 is 11.9 Å². The van der Waals surface area contributed by atoms with Gasteiger partial charge < -0.3 is 9.47 Å². The Morgan fingerprint density at radius 2 is 2.07 bits per heavy atom. The summed E-state index contributed by atoms with van der Waals surface area (Å²) < 4.78 is 9.68. The van der Waals surface area contributed by atoms with Gasteiger partial charge in [-0.3, -0.25) is 0 Å². The molecule has 4 nitrogen and oxygen atoms in total. The van der Waals surface area contributed by atoms with E-state index in [1.807, 2.05) is 6.92 Å². The number of cyclic esters (lactones) is 2. The fraction of sp³-hybridized carbons (Fsp3) is 0.200. The van der Waals surface area contributed by atoms with Crippen LogP contribution in [0.1, 0.15) is 27.6 Å². The lowest BCUT2D eigenvalue weighted by Gasteiger charge is -2.04. The van der Waals surface area contributed by atoms with Crippen LogP contribution in [-0.4, -0.2) is 18.5 Å². The zero-order chi connectivity index (χ0) is 10.1. The minimum absolute atomic E-state index is 0.236. The molecule has 0 aliphatic carbocycles. The minimum Gasteiger partial charge on any atom is -0.493 e. The number of ether oxygens (including phenoxy) is 2. The second-order valence-electron chi connectivity index (χ2n) is 2.79. The van der Waals surface area contributed by atoms with Crippen molar-refractivity contribution < 1.29 is 19.1 Å². The standard InChI is InChI=1S/C10H8O4/c1-2-13-7-5-3-4-6-8(7)10(12)14-9(6)11/h3-5H,2H2,1H3. The normalized spacial score (nSPS) is 13.8. The van der Waals surface area contributed by atoms with Gasteiger partial charge in [-0.2, -0.15) is 0 Å². The van der Waals surface area contributed by atoms with Gasteiger partial charge in [0.25, 0.3) is 0 Å². The fourth-order valence-electron chi connectivity index (χ4n) is 1.38. The monoisotopic (exact) mass is 192 g/mol.